The highest BCUT2D eigenvalue weighted by atomic mass is 32.1. The van der Waals surface area contributed by atoms with Crippen molar-refractivity contribution in [1.29, 1.82) is 0 Å². The third-order valence-electron chi connectivity index (χ3n) is 4.46. The standard InChI is InChI=1S/C23H22N2O7S/c1-3-30-23(29)20-16(17-9-6-10-31-17)13-33-22(20)25-18(26)12-32-19(27)11-24-21(28)15-8-5-4-7-14(15)2/h4-10,13H,3,11-12H2,1-2H3,(H,24,28)(H,25,26). The van der Waals surface area contributed by atoms with E-state index in [-0.39, 0.29) is 17.2 Å². The summed E-state index contributed by atoms with van der Waals surface area (Å²) >= 11 is 1.11. The van der Waals surface area contributed by atoms with Crippen LogP contribution in [-0.2, 0) is 19.1 Å². The second kappa shape index (κ2) is 11.1. The maximum atomic E-state index is 12.4. The number of anilines is 1. The molecule has 0 saturated carbocycles. The fraction of sp³-hybridized carbons (Fsp3) is 0.217. The smallest absolute Gasteiger partial charge is 0.341 e. The maximum absolute atomic E-state index is 12.4. The molecule has 0 aliphatic carbocycles. The van der Waals surface area contributed by atoms with E-state index in [1.807, 2.05) is 0 Å². The van der Waals surface area contributed by atoms with Crippen molar-refractivity contribution < 1.29 is 33.1 Å². The molecule has 2 aromatic heterocycles. The van der Waals surface area contributed by atoms with Crippen LogP contribution in [0.1, 0.15) is 33.2 Å². The third kappa shape index (κ3) is 6.07. The summed E-state index contributed by atoms with van der Waals surface area (Å²) in [5.74, 6) is -2.01. The lowest BCUT2D eigenvalue weighted by atomic mass is 10.1. The first kappa shape index (κ1) is 23.7. The van der Waals surface area contributed by atoms with Crippen LogP contribution < -0.4 is 10.6 Å². The van der Waals surface area contributed by atoms with Gasteiger partial charge in [0.25, 0.3) is 11.8 Å². The molecule has 0 fully saturated rings. The molecule has 0 bridgehead atoms. The van der Waals surface area contributed by atoms with Crippen LogP contribution in [0, 0.1) is 6.92 Å². The molecule has 9 nitrogen and oxygen atoms in total. The van der Waals surface area contributed by atoms with Crippen molar-refractivity contribution in [2.45, 2.75) is 13.8 Å². The van der Waals surface area contributed by atoms with Gasteiger partial charge in [-0.05, 0) is 37.6 Å². The Hall–Kier alpha value is -3.92. The van der Waals surface area contributed by atoms with E-state index in [0.717, 1.165) is 16.9 Å². The average Bonchev–Trinajstić information content (AvgIpc) is 3.46. The number of hydrogen-bond donors (Lipinski definition) is 2. The van der Waals surface area contributed by atoms with Crippen LogP contribution in [0.4, 0.5) is 5.00 Å². The lowest BCUT2D eigenvalue weighted by Gasteiger charge is -2.09. The first-order valence-electron chi connectivity index (χ1n) is 10.0. The molecule has 0 aliphatic heterocycles. The summed E-state index contributed by atoms with van der Waals surface area (Å²) in [6, 6.07) is 10.3. The zero-order valence-electron chi connectivity index (χ0n) is 18.0. The van der Waals surface area contributed by atoms with E-state index in [2.05, 4.69) is 10.6 Å². The normalized spacial score (nSPS) is 10.4. The van der Waals surface area contributed by atoms with Gasteiger partial charge in [0.1, 0.15) is 22.9 Å². The third-order valence-corrected chi connectivity index (χ3v) is 5.35. The van der Waals surface area contributed by atoms with Gasteiger partial charge >= 0.3 is 11.9 Å². The number of nitrogens with one attached hydrogen (secondary N) is 2. The number of rotatable bonds is 9. The molecule has 0 saturated heterocycles. The fourth-order valence-electron chi connectivity index (χ4n) is 2.90. The molecule has 2 amide bonds. The van der Waals surface area contributed by atoms with Crippen LogP contribution in [0.15, 0.2) is 52.5 Å². The van der Waals surface area contributed by atoms with Crippen molar-refractivity contribution in [2.75, 3.05) is 25.1 Å². The average molecular weight is 471 g/mol. The number of benzene rings is 1. The number of esters is 2. The predicted octanol–water partition coefficient (Wildman–Crippen LogP) is 3.40. The lowest BCUT2D eigenvalue weighted by molar-refractivity contribution is -0.146. The number of carbonyl (C=O) groups is 4. The minimum Gasteiger partial charge on any atom is -0.464 e. The maximum Gasteiger partial charge on any atom is 0.341 e. The highest BCUT2D eigenvalue weighted by Crippen LogP contribution is 2.36. The van der Waals surface area contributed by atoms with Gasteiger partial charge in [0.2, 0.25) is 0 Å². The first-order valence-corrected chi connectivity index (χ1v) is 10.9. The van der Waals surface area contributed by atoms with Crippen molar-refractivity contribution in [3.63, 3.8) is 0 Å². The minimum absolute atomic E-state index is 0.155. The second-order valence-corrected chi connectivity index (χ2v) is 7.64. The van der Waals surface area contributed by atoms with Gasteiger partial charge < -0.3 is 24.5 Å². The Bertz CT molecular complexity index is 1150. The van der Waals surface area contributed by atoms with Crippen LogP contribution in [-0.4, -0.2) is 43.5 Å². The Kier molecular flexibility index (Phi) is 7.98. The summed E-state index contributed by atoms with van der Waals surface area (Å²) in [6.45, 7) is 2.63. The Labute approximate surface area is 193 Å². The van der Waals surface area contributed by atoms with Crippen LogP contribution in [0.25, 0.3) is 11.3 Å². The molecule has 1 aromatic carbocycles. The molecule has 3 aromatic rings. The Morgan fingerprint density at radius 3 is 2.55 bits per heavy atom. The van der Waals surface area contributed by atoms with Gasteiger partial charge in [0, 0.05) is 16.5 Å². The van der Waals surface area contributed by atoms with Crippen LogP contribution in [0.5, 0.6) is 0 Å². The van der Waals surface area contributed by atoms with Crippen molar-refractivity contribution in [2.24, 2.45) is 0 Å². The van der Waals surface area contributed by atoms with E-state index < -0.39 is 36.9 Å². The lowest BCUT2D eigenvalue weighted by Crippen LogP contribution is -2.32. The molecule has 0 spiro atoms. The zero-order chi connectivity index (χ0) is 23.8. The predicted molar refractivity (Wildman–Crippen MR) is 121 cm³/mol. The molecule has 33 heavy (non-hydrogen) atoms. The van der Waals surface area contributed by atoms with E-state index in [1.165, 1.54) is 6.26 Å². The summed E-state index contributed by atoms with van der Waals surface area (Å²) < 4.78 is 15.4. The number of hydrogen-bond acceptors (Lipinski definition) is 8. The Morgan fingerprint density at radius 1 is 1.06 bits per heavy atom. The topological polar surface area (TPSA) is 124 Å². The van der Waals surface area contributed by atoms with Crippen molar-refractivity contribution in [3.05, 3.63) is 64.7 Å². The molecule has 3 rings (SSSR count). The molecule has 2 heterocycles. The van der Waals surface area contributed by atoms with E-state index in [0.29, 0.717) is 16.9 Å². The van der Waals surface area contributed by atoms with Gasteiger partial charge in [-0.1, -0.05) is 18.2 Å². The van der Waals surface area contributed by atoms with Crippen molar-refractivity contribution in [3.8, 4) is 11.3 Å². The molecular weight excluding hydrogens is 448 g/mol. The van der Waals surface area contributed by atoms with E-state index in [9.17, 15) is 19.2 Å². The molecule has 10 heteroatoms. The highest BCUT2D eigenvalue weighted by molar-refractivity contribution is 7.15. The van der Waals surface area contributed by atoms with Gasteiger partial charge in [-0.15, -0.1) is 11.3 Å². The van der Waals surface area contributed by atoms with E-state index >= 15 is 0 Å². The zero-order valence-corrected chi connectivity index (χ0v) is 18.8. The molecule has 0 unspecified atom stereocenters. The van der Waals surface area contributed by atoms with Crippen molar-refractivity contribution >= 4 is 40.1 Å². The Balaban J connectivity index is 1.56. The van der Waals surface area contributed by atoms with Crippen molar-refractivity contribution in [1.82, 2.24) is 5.32 Å². The number of carbonyl (C=O) groups excluding carboxylic acids is 4. The Morgan fingerprint density at radius 2 is 1.85 bits per heavy atom. The van der Waals surface area contributed by atoms with Gasteiger partial charge in [-0.25, -0.2) is 4.79 Å². The van der Waals surface area contributed by atoms with Gasteiger partial charge in [-0.3, -0.25) is 14.4 Å². The first-order chi connectivity index (χ1) is 15.9. The quantitative estimate of drug-likeness (QED) is 0.459. The summed E-state index contributed by atoms with van der Waals surface area (Å²) in [5, 5.41) is 6.92. The molecular formula is C23H22N2O7S. The summed E-state index contributed by atoms with van der Waals surface area (Å²) in [6.07, 6.45) is 1.47. The number of aryl methyl sites for hydroxylation is 1. The van der Waals surface area contributed by atoms with Crippen LogP contribution >= 0.6 is 11.3 Å². The van der Waals surface area contributed by atoms with Crippen LogP contribution in [0.2, 0.25) is 0 Å². The number of thiophene rings is 1. The minimum atomic E-state index is -0.778. The van der Waals surface area contributed by atoms with E-state index in [1.54, 1.807) is 55.6 Å². The van der Waals surface area contributed by atoms with Gasteiger partial charge in [0.05, 0.1) is 12.9 Å². The number of furan rings is 1. The highest BCUT2D eigenvalue weighted by Gasteiger charge is 2.24. The molecule has 0 radical (unpaired) electrons. The molecule has 0 aliphatic rings. The molecule has 172 valence electrons. The number of amides is 2. The summed E-state index contributed by atoms with van der Waals surface area (Å²) in [4.78, 5) is 48.8. The van der Waals surface area contributed by atoms with Gasteiger partial charge in [-0.2, -0.15) is 0 Å². The monoisotopic (exact) mass is 470 g/mol. The molecule has 0 atom stereocenters. The number of ether oxygens (including phenoxy) is 2. The largest absolute Gasteiger partial charge is 0.464 e. The SMILES string of the molecule is CCOC(=O)c1c(-c2ccco2)csc1NC(=O)COC(=O)CNC(=O)c1ccccc1C. The fourth-order valence-corrected chi connectivity index (χ4v) is 3.86. The summed E-state index contributed by atoms with van der Waals surface area (Å²) in [7, 11) is 0. The van der Waals surface area contributed by atoms with Crippen LogP contribution in [0.3, 0.4) is 0 Å². The van der Waals surface area contributed by atoms with E-state index in [4.69, 9.17) is 13.9 Å². The molecule has 2 N–H and O–H groups in total. The second-order valence-electron chi connectivity index (χ2n) is 6.76. The summed E-state index contributed by atoms with van der Waals surface area (Å²) in [5.41, 5.74) is 1.85. The van der Waals surface area contributed by atoms with Gasteiger partial charge in [0.15, 0.2) is 6.61 Å².